The van der Waals surface area contributed by atoms with Crippen LogP contribution in [0.5, 0.6) is 5.75 Å². The second-order valence-corrected chi connectivity index (χ2v) is 3.63. The number of hydrogen-bond acceptors (Lipinski definition) is 3. The monoisotopic (exact) mass is 227 g/mol. The highest BCUT2D eigenvalue weighted by Crippen LogP contribution is 2.34. The van der Waals surface area contributed by atoms with E-state index in [1.807, 2.05) is 30.3 Å². The number of methoxy groups -OCH3 is 1. The fourth-order valence-electron chi connectivity index (χ4n) is 1.80. The van der Waals surface area contributed by atoms with Crippen molar-refractivity contribution in [1.29, 1.82) is 0 Å². The Balaban J connectivity index is 2.64. The third-order valence-corrected chi connectivity index (χ3v) is 2.66. The standard InChI is InChI=1S/C14H13NO2/c1-17-13-8-4-7-12(14(13)15)11-6-3-2-5-10(11)9-16/h2-9H,15H2,1H3. The summed E-state index contributed by atoms with van der Waals surface area (Å²) in [7, 11) is 1.57. The molecule has 0 aliphatic rings. The maximum atomic E-state index is 11.0. The van der Waals surface area contributed by atoms with Crippen LogP contribution in [0.3, 0.4) is 0 Å². The zero-order chi connectivity index (χ0) is 12.3. The molecule has 0 bridgehead atoms. The van der Waals surface area contributed by atoms with Crippen LogP contribution in [0.4, 0.5) is 5.69 Å². The summed E-state index contributed by atoms with van der Waals surface area (Å²) in [5, 5.41) is 0. The molecule has 0 aromatic heterocycles. The van der Waals surface area contributed by atoms with Gasteiger partial charge in [-0.25, -0.2) is 0 Å². The molecule has 2 aromatic rings. The van der Waals surface area contributed by atoms with Crippen molar-refractivity contribution < 1.29 is 9.53 Å². The Kier molecular flexibility index (Phi) is 3.10. The maximum absolute atomic E-state index is 11.0. The summed E-state index contributed by atoms with van der Waals surface area (Å²) in [5.41, 5.74) is 8.80. The minimum atomic E-state index is 0.546. The van der Waals surface area contributed by atoms with Crippen molar-refractivity contribution in [2.75, 3.05) is 12.8 Å². The van der Waals surface area contributed by atoms with E-state index in [1.54, 1.807) is 19.2 Å². The number of anilines is 1. The minimum absolute atomic E-state index is 0.546. The minimum Gasteiger partial charge on any atom is -0.495 e. The summed E-state index contributed by atoms with van der Waals surface area (Å²) >= 11 is 0. The van der Waals surface area contributed by atoms with Crippen LogP contribution in [0.25, 0.3) is 11.1 Å². The normalized spacial score (nSPS) is 9.94. The zero-order valence-corrected chi connectivity index (χ0v) is 9.51. The van der Waals surface area contributed by atoms with Gasteiger partial charge in [-0.3, -0.25) is 4.79 Å². The molecule has 2 aromatic carbocycles. The predicted octanol–water partition coefficient (Wildman–Crippen LogP) is 2.76. The van der Waals surface area contributed by atoms with Gasteiger partial charge in [0, 0.05) is 11.1 Å². The number of carbonyl (C=O) groups is 1. The van der Waals surface area contributed by atoms with Crippen molar-refractivity contribution in [3.05, 3.63) is 48.0 Å². The maximum Gasteiger partial charge on any atom is 0.150 e. The predicted molar refractivity (Wildman–Crippen MR) is 68.2 cm³/mol. The molecule has 0 radical (unpaired) electrons. The highest BCUT2D eigenvalue weighted by Gasteiger charge is 2.10. The average molecular weight is 227 g/mol. The summed E-state index contributed by atoms with van der Waals surface area (Å²) in [5.74, 6) is 0.614. The Bertz CT molecular complexity index is 550. The molecule has 0 atom stereocenters. The molecule has 86 valence electrons. The third-order valence-electron chi connectivity index (χ3n) is 2.66. The van der Waals surface area contributed by atoms with Gasteiger partial charge in [-0.15, -0.1) is 0 Å². The van der Waals surface area contributed by atoms with E-state index in [9.17, 15) is 4.79 Å². The molecular formula is C14H13NO2. The first-order valence-corrected chi connectivity index (χ1v) is 5.25. The summed E-state index contributed by atoms with van der Waals surface area (Å²) in [6.45, 7) is 0. The Morgan fingerprint density at radius 2 is 1.76 bits per heavy atom. The first-order valence-electron chi connectivity index (χ1n) is 5.25. The summed E-state index contributed by atoms with van der Waals surface area (Å²) in [4.78, 5) is 11.0. The molecule has 0 amide bonds. The molecule has 0 saturated heterocycles. The number of benzene rings is 2. The number of aldehydes is 1. The highest BCUT2D eigenvalue weighted by molar-refractivity contribution is 5.92. The van der Waals surface area contributed by atoms with Gasteiger partial charge in [-0.1, -0.05) is 36.4 Å². The van der Waals surface area contributed by atoms with Crippen molar-refractivity contribution in [3.8, 4) is 16.9 Å². The first-order chi connectivity index (χ1) is 8.27. The summed E-state index contributed by atoms with van der Waals surface area (Å²) in [6.07, 6.45) is 0.828. The van der Waals surface area contributed by atoms with Crippen LogP contribution in [-0.4, -0.2) is 13.4 Å². The van der Waals surface area contributed by atoms with Crippen LogP contribution in [0.2, 0.25) is 0 Å². The Labute approximate surface area is 99.8 Å². The SMILES string of the molecule is COc1cccc(-c2ccccc2C=O)c1N. The van der Waals surface area contributed by atoms with Crippen molar-refractivity contribution >= 4 is 12.0 Å². The van der Waals surface area contributed by atoms with E-state index >= 15 is 0 Å². The van der Waals surface area contributed by atoms with Crippen molar-refractivity contribution in [2.45, 2.75) is 0 Å². The van der Waals surface area contributed by atoms with Gasteiger partial charge in [0.1, 0.15) is 5.75 Å². The molecule has 3 heteroatoms. The average Bonchev–Trinajstić information content (AvgIpc) is 2.39. The number of nitrogens with two attached hydrogens (primary N) is 1. The van der Waals surface area contributed by atoms with Gasteiger partial charge in [0.05, 0.1) is 12.8 Å². The Hall–Kier alpha value is -2.29. The number of carbonyl (C=O) groups excluding carboxylic acids is 1. The van der Waals surface area contributed by atoms with Gasteiger partial charge < -0.3 is 10.5 Å². The lowest BCUT2D eigenvalue weighted by Gasteiger charge is -2.11. The smallest absolute Gasteiger partial charge is 0.150 e. The van der Waals surface area contributed by atoms with E-state index in [0.29, 0.717) is 17.0 Å². The molecule has 0 aliphatic heterocycles. The molecule has 0 aliphatic carbocycles. The molecule has 3 nitrogen and oxygen atoms in total. The lowest BCUT2D eigenvalue weighted by Crippen LogP contribution is -1.96. The molecule has 0 saturated carbocycles. The van der Waals surface area contributed by atoms with Gasteiger partial charge >= 0.3 is 0 Å². The van der Waals surface area contributed by atoms with Crippen molar-refractivity contribution in [2.24, 2.45) is 0 Å². The van der Waals surface area contributed by atoms with Crippen molar-refractivity contribution in [3.63, 3.8) is 0 Å². The van der Waals surface area contributed by atoms with Crippen LogP contribution < -0.4 is 10.5 Å². The van der Waals surface area contributed by atoms with Gasteiger partial charge in [0.2, 0.25) is 0 Å². The molecule has 2 N–H and O–H groups in total. The molecule has 0 unspecified atom stereocenters. The topological polar surface area (TPSA) is 52.3 Å². The van der Waals surface area contributed by atoms with Crippen LogP contribution in [0.1, 0.15) is 10.4 Å². The van der Waals surface area contributed by atoms with E-state index in [1.165, 1.54) is 0 Å². The third kappa shape index (κ3) is 1.99. The first kappa shape index (κ1) is 11.2. The number of rotatable bonds is 3. The van der Waals surface area contributed by atoms with Crippen LogP contribution in [0.15, 0.2) is 42.5 Å². The van der Waals surface area contributed by atoms with Crippen LogP contribution in [-0.2, 0) is 0 Å². The Morgan fingerprint density at radius 3 is 2.47 bits per heavy atom. The van der Waals surface area contributed by atoms with E-state index in [2.05, 4.69) is 0 Å². The van der Waals surface area contributed by atoms with E-state index in [-0.39, 0.29) is 0 Å². The van der Waals surface area contributed by atoms with E-state index < -0.39 is 0 Å². The highest BCUT2D eigenvalue weighted by atomic mass is 16.5. The number of para-hydroxylation sites is 1. The fraction of sp³-hybridized carbons (Fsp3) is 0.0714. The molecule has 2 rings (SSSR count). The second kappa shape index (κ2) is 4.70. The zero-order valence-electron chi connectivity index (χ0n) is 9.51. The van der Waals surface area contributed by atoms with E-state index in [4.69, 9.17) is 10.5 Å². The van der Waals surface area contributed by atoms with Gasteiger partial charge in [0.15, 0.2) is 6.29 Å². The lowest BCUT2D eigenvalue weighted by atomic mass is 9.98. The van der Waals surface area contributed by atoms with Crippen LogP contribution in [0, 0.1) is 0 Å². The molecular weight excluding hydrogens is 214 g/mol. The van der Waals surface area contributed by atoms with Gasteiger partial charge in [0.25, 0.3) is 0 Å². The van der Waals surface area contributed by atoms with Gasteiger partial charge in [-0.05, 0) is 11.6 Å². The van der Waals surface area contributed by atoms with E-state index in [0.717, 1.165) is 17.4 Å². The molecule has 17 heavy (non-hydrogen) atoms. The number of nitrogen functional groups attached to an aromatic ring is 1. The van der Waals surface area contributed by atoms with Gasteiger partial charge in [-0.2, -0.15) is 0 Å². The molecule has 0 heterocycles. The Morgan fingerprint density at radius 1 is 1.06 bits per heavy atom. The summed E-state index contributed by atoms with van der Waals surface area (Å²) < 4.78 is 5.17. The number of hydrogen-bond donors (Lipinski definition) is 1. The largest absolute Gasteiger partial charge is 0.495 e. The van der Waals surface area contributed by atoms with Crippen molar-refractivity contribution in [1.82, 2.24) is 0 Å². The summed E-state index contributed by atoms with van der Waals surface area (Å²) in [6, 6.07) is 12.9. The van der Waals surface area contributed by atoms with Crippen LogP contribution >= 0.6 is 0 Å². The molecule has 0 fully saturated rings. The fourth-order valence-corrected chi connectivity index (χ4v) is 1.80. The number of ether oxygens (including phenoxy) is 1. The quantitative estimate of drug-likeness (QED) is 0.648. The lowest BCUT2D eigenvalue weighted by molar-refractivity contribution is 0.112. The molecule has 0 spiro atoms. The second-order valence-electron chi connectivity index (χ2n) is 3.63.